The van der Waals surface area contributed by atoms with Gasteiger partial charge in [-0.2, -0.15) is 0 Å². The molecule has 3 nitrogen and oxygen atoms in total. The number of ether oxygens (including phenoxy) is 1. The second kappa shape index (κ2) is 4.92. The normalized spacial score (nSPS) is 10.1. The van der Waals surface area contributed by atoms with Crippen LogP contribution in [-0.4, -0.2) is 18.2 Å². The van der Waals surface area contributed by atoms with Crippen LogP contribution in [0.5, 0.6) is 5.75 Å². The van der Waals surface area contributed by atoms with E-state index >= 15 is 0 Å². The molecular formula is C15H14O3. The molecule has 0 aromatic heterocycles. The van der Waals surface area contributed by atoms with Crippen LogP contribution in [0.2, 0.25) is 0 Å². The van der Waals surface area contributed by atoms with Crippen molar-refractivity contribution < 1.29 is 14.6 Å². The van der Waals surface area contributed by atoms with Crippen molar-refractivity contribution in [2.75, 3.05) is 7.11 Å². The lowest BCUT2D eigenvalue weighted by molar-refractivity contribution is 0.0597. The molecule has 0 saturated heterocycles. The summed E-state index contributed by atoms with van der Waals surface area (Å²) in [4.78, 5) is 11.5. The van der Waals surface area contributed by atoms with Crippen molar-refractivity contribution in [3.05, 3.63) is 53.6 Å². The van der Waals surface area contributed by atoms with Gasteiger partial charge in [-0.3, -0.25) is 0 Å². The third-order valence-corrected chi connectivity index (χ3v) is 2.86. The number of carbonyl (C=O) groups excluding carboxylic acids is 1. The monoisotopic (exact) mass is 242 g/mol. The van der Waals surface area contributed by atoms with Crippen molar-refractivity contribution in [1.82, 2.24) is 0 Å². The Morgan fingerprint density at radius 2 is 1.89 bits per heavy atom. The van der Waals surface area contributed by atoms with Gasteiger partial charge in [-0.1, -0.05) is 30.3 Å². The molecule has 0 aliphatic carbocycles. The predicted molar refractivity (Wildman–Crippen MR) is 69.6 cm³/mol. The SMILES string of the molecule is COC(=O)c1cc(-c2ccccc2C)ccc1O. The van der Waals surface area contributed by atoms with Crippen LogP contribution in [0.25, 0.3) is 11.1 Å². The van der Waals surface area contributed by atoms with Gasteiger partial charge < -0.3 is 9.84 Å². The zero-order chi connectivity index (χ0) is 13.1. The third-order valence-electron chi connectivity index (χ3n) is 2.86. The largest absolute Gasteiger partial charge is 0.507 e. The lowest BCUT2D eigenvalue weighted by Crippen LogP contribution is -2.01. The molecule has 0 atom stereocenters. The second-order valence-corrected chi connectivity index (χ2v) is 4.04. The van der Waals surface area contributed by atoms with E-state index in [1.165, 1.54) is 13.2 Å². The fourth-order valence-electron chi connectivity index (χ4n) is 1.87. The molecule has 0 aliphatic heterocycles. The van der Waals surface area contributed by atoms with E-state index in [0.29, 0.717) is 0 Å². The Bertz CT molecular complexity index is 588. The zero-order valence-electron chi connectivity index (χ0n) is 10.3. The van der Waals surface area contributed by atoms with Crippen LogP contribution < -0.4 is 0 Å². The summed E-state index contributed by atoms with van der Waals surface area (Å²) in [5.74, 6) is -0.609. The molecule has 0 amide bonds. The second-order valence-electron chi connectivity index (χ2n) is 4.04. The summed E-state index contributed by atoms with van der Waals surface area (Å²) in [6.45, 7) is 2.00. The number of hydrogen-bond donors (Lipinski definition) is 1. The summed E-state index contributed by atoms with van der Waals surface area (Å²) in [5.41, 5.74) is 3.20. The standard InChI is InChI=1S/C15H14O3/c1-10-5-3-4-6-12(10)11-7-8-14(16)13(9-11)15(17)18-2/h3-9,16H,1-2H3. The molecule has 2 aromatic carbocycles. The third kappa shape index (κ3) is 2.20. The number of aromatic hydroxyl groups is 1. The van der Waals surface area contributed by atoms with Crippen molar-refractivity contribution in [2.24, 2.45) is 0 Å². The maximum Gasteiger partial charge on any atom is 0.341 e. The number of phenols is 1. The van der Waals surface area contributed by atoms with Crippen molar-refractivity contribution in [3.8, 4) is 16.9 Å². The summed E-state index contributed by atoms with van der Waals surface area (Å²) < 4.78 is 4.64. The van der Waals surface area contributed by atoms with Crippen LogP contribution >= 0.6 is 0 Å². The first kappa shape index (κ1) is 12.2. The van der Waals surface area contributed by atoms with Crippen LogP contribution in [0.1, 0.15) is 15.9 Å². The zero-order valence-corrected chi connectivity index (χ0v) is 10.3. The molecule has 92 valence electrons. The van der Waals surface area contributed by atoms with Crippen LogP contribution in [0.4, 0.5) is 0 Å². The van der Waals surface area contributed by atoms with Crippen LogP contribution in [0, 0.1) is 6.92 Å². The summed E-state index contributed by atoms with van der Waals surface area (Å²) >= 11 is 0. The molecule has 0 radical (unpaired) electrons. The van der Waals surface area contributed by atoms with Gasteiger partial charge in [-0.05, 0) is 35.7 Å². The molecule has 2 aromatic rings. The van der Waals surface area contributed by atoms with E-state index in [2.05, 4.69) is 4.74 Å². The maximum atomic E-state index is 11.5. The number of phenolic OH excluding ortho intramolecular Hbond substituents is 1. The lowest BCUT2D eigenvalue weighted by atomic mass is 9.98. The Hall–Kier alpha value is -2.29. The van der Waals surface area contributed by atoms with E-state index in [0.717, 1.165) is 16.7 Å². The molecule has 1 N–H and O–H groups in total. The Morgan fingerprint density at radius 3 is 2.56 bits per heavy atom. The van der Waals surface area contributed by atoms with Gasteiger partial charge in [0.15, 0.2) is 0 Å². The van der Waals surface area contributed by atoms with Crippen molar-refractivity contribution in [1.29, 1.82) is 0 Å². The molecule has 0 fully saturated rings. The topological polar surface area (TPSA) is 46.5 Å². The van der Waals surface area contributed by atoms with Gasteiger partial charge >= 0.3 is 5.97 Å². The van der Waals surface area contributed by atoms with Crippen molar-refractivity contribution in [3.63, 3.8) is 0 Å². The Kier molecular flexibility index (Phi) is 3.33. The molecule has 0 saturated carbocycles. The van der Waals surface area contributed by atoms with Crippen molar-refractivity contribution in [2.45, 2.75) is 6.92 Å². The first-order chi connectivity index (χ1) is 8.63. The van der Waals surface area contributed by atoms with E-state index in [4.69, 9.17) is 0 Å². The number of methoxy groups -OCH3 is 1. The quantitative estimate of drug-likeness (QED) is 0.823. The molecule has 0 heterocycles. The average molecular weight is 242 g/mol. The summed E-state index contributed by atoms with van der Waals surface area (Å²) in [6, 6.07) is 12.8. The minimum absolute atomic E-state index is 0.0702. The summed E-state index contributed by atoms with van der Waals surface area (Å²) in [6.07, 6.45) is 0. The van der Waals surface area contributed by atoms with Gasteiger partial charge in [-0.25, -0.2) is 4.79 Å². The summed E-state index contributed by atoms with van der Waals surface area (Å²) in [7, 11) is 1.29. The molecule has 0 unspecified atom stereocenters. The molecule has 0 spiro atoms. The van der Waals surface area contributed by atoms with Crippen LogP contribution in [0.15, 0.2) is 42.5 Å². The molecule has 18 heavy (non-hydrogen) atoms. The Balaban J connectivity index is 2.54. The first-order valence-corrected chi connectivity index (χ1v) is 5.61. The van der Waals surface area contributed by atoms with E-state index in [1.54, 1.807) is 12.1 Å². The van der Waals surface area contributed by atoms with Gasteiger partial charge in [0.2, 0.25) is 0 Å². The van der Waals surface area contributed by atoms with Gasteiger partial charge in [0, 0.05) is 0 Å². The smallest absolute Gasteiger partial charge is 0.341 e. The Morgan fingerprint density at radius 1 is 1.17 bits per heavy atom. The predicted octanol–water partition coefficient (Wildman–Crippen LogP) is 3.15. The molecule has 0 aliphatic rings. The minimum atomic E-state index is -0.539. The minimum Gasteiger partial charge on any atom is -0.507 e. The van der Waals surface area contributed by atoms with Gasteiger partial charge in [-0.15, -0.1) is 0 Å². The molecule has 3 heteroatoms. The summed E-state index contributed by atoms with van der Waals surface area (Å²) in [5, 5.41) is 9.65. The number of rotatable bonds is 2. The molecule has 0 bridgehead atoms. The van der Waals surface area contributed by atoms with Gasteiger partial charge in [0.1, 0.15) is 11.3 Å². The molecule has 2 rings (SSSR count). The lowest BCUT2D eigenvalue weighted by Gasteiger charge is -2.08. The number of benzene rings is 2. The fourth-order valence-corrected chi connectivity index (χ4v) is 1.87. The van der Waals surface area contributed by atoms with E-state index in [9.17, 15) is 9.90 Å². The number of esters is 1. The first-order valence-electron chi connectivity index (χ1n) is 5.61. The van der Waals surface area contributed by atoms with Crippen LogP contribution in [0.3, 0.4) is 0 Å². The van der Waals surface area contributed by atoms with E-state index in [-0.39, 0.29) is 11.3 Å². The number of aryl methyl sites for hydroxylation is 1. The van der Waals surface area contributed by atoms with Crippen LogP contribution in [-0.2, 0) is 4.74 Å². The highest BCUT2D eigenvalue weighted by atomic mass is 16.5. The average Bonchev–Trinajstić information content (AvgIpc) is 2.39. The molecular weight excluding hydrogens is 228 g/mol. The van der Waals surface area contributed by atoms with E-state index in [1.807, 2.05) is 31.2 Å². The highest BCUT2D eigenvalue weighted by Gasteiger charge is 2.13. The van der Waals surface area contributed by atoms with Gasteiger partial charge in [0.05, 0.1) is 7.11 Å². The highest BCUT2D eigenvalue weighted by molar-refractivity contribution is 5.94. The highest BCUT2D eigenvalue weighted by Crippen LogP contribution is 2.28. The van der Waals surface area contributed by atoms with Crippen molar-refractivity contribution >= 4 is 5.97 Å². The number of carbonyl (C=O) groups is 1. The number of hydrogen-bond acceptors (Lipinski definition) is 3. The Labute approximate surface area is 106 Å². The fraction of sp³-hybridized carbons (Fsp3) is 0.133. The van der Waals surface area contributed by atoms with E-state index < -0.39 is 5.97 Å². The maximum absolute atomic E-state index is 11.5. The van der Waals surface area contributed by atoms with Gasteiger partial charge in [0.25, 0.3) is 0 Å².